The maximum atomic E-state index is 12.2. The number of Topliss-reactive ketones (excluding diaryl/α,β-unsaturated/α-hetero) is 1. The molecule has 0 unspecified atom stereocenters. The van der Waals surface area contributed by atoms with E-state index in [1.165, 1.54) is 16.0 Å². The van der Waals surface area contributed by atoms with Gasteiger partial charge in [-0.05, 0) is 38.0 Å². The Hall–Kier alpha value is -1.54. The Labute approximate surface area is 119 Å². The average Bonchev–Trinajstić information content (AvgIpc) is 2.37. The van der Waals surface area contributed by atoms with E-state index in [1.54, 1.807) is 11.8 Å². The van der Waals surface area contributed by atoms with Crippen molar-refractivity contribution in [3.63, 3.8) is 0 Å². The molecule has 0 amide bonds. The van der Waals surface area contributed by atoms with Crippen LogP contribution in [0, 0.1) is 20.8 Å². The summed E-state index contributed by atoms with van der Waals surface area (Å²) in [7, 11) is 0. The van der Waals surface area contributed by atoms with Gasteiger partial charge in [0.05, 0.1) is 5.75 Å². The molecule has 98 valence electrons. The molecule has 2 rings (SSSR count). The van der Waals surface area contributed by atoms with Crippen LogP contribution in [0.3, 0.4) is 0 Å². The van der Waals surface area contributed by atoms with Gasteiger partial charge in [0.1, 0.15) is 0 Å². The zero-order chi connectivity index (χ0) is 13.8. The van der Waals surface area contributed by atoms with E-state index in [0.717, 1.165) is 11.1 Å². The second kappa shape index (κ2) is 6.07. The molecule has 0 aliphatic rings. The third-order valence-electron chi connectivity index (χ3n) is 3.13. The minimum atomic E-state index is 0.200. The van der Waals surface area contributed by atoms with Crippen molar-refractivity contribution >= 4 is 17.5 Å². The second-order valence-corrected chi connectivity index (χ2v) is 5.81. The predicted octanol–water partition coefficient (Wildman–Crippen LogP) is 4.59. The van der Waals surface area contributed by atoms with Gasteiger partial charge in [-0.2, -0.15) is 0 Å². The number of ketones is 1. The number of rotatable bonds is 4. The molecule has 0 saturated carbocycles. The first kappa shape index (κ1) is 13.9. The number of hydrogen-bond acceptors (Lipinski definition) is 2. The molecule has 0 fully saturated rings. The first-order valence-electron chi connectivity index (χ1n) is 6.37. The lowest BCUT2D eigenvalue weighted by Crippen LogP contribution is -2.05. The summed E-state index contributed by atoms with van der Waals surface area (Å²) in [6.45, 7) is 6.12. The van der Waals surface area contributed by atoms with Crippen LogP contribution in [0.2, 0.25) is 0 Å². The molecule has 0 aliphatic carbocycles. The highest BCUT2D eigenvalue weighted by atomic mass is 32.2. The molecule has 0 saturated heterocycles. The van der Waals surface area contributed by atoms with E-state index >= 15 is 0 Å². The summed E-state index contributed by atoms with van der Waals surface area (Å²) in [5.74, 6) is 0.695. The summed E-state index contributed by atoms with van der Waals surface area (Å²) in [6.07, 6.45) is 0. The van der Waals surface area contributed by atoms with Gasteiger partial charge in [0, 0.05) is 10.5 Å². The third-order valence-corrected chi connectivity index (χ3v) is 4.31. The Morgan fingerprint density at radius 2 is 1.74 bits per heavy atom. The standard InChI is InChI=1S/C17H18OS/c1-12-8-9-15(14(3)10-12)16(18)11-19-17-7-5-4-6-13(17)2/h4-10H,11H2,1-3H3. The summed E-state index contributed by atoms with van der Waals surface area (Å²) in [4.78, 5) is 13.4. The fourth-order valence-corrected chi connectivity index (χ4v) is 2.98. The Morgan fingerprint density at radius 3 is 2.42 bits per heavy atom. The first-order valence-corrected chi connectivity index (χ1v) is 7.35. The number of hydrogen-bond donors (Lipinski definition) is 0. The zero-order valence-electron chi connectivity index (χ0n) is 11.6. The Bertz CT molecular complexity index is 602. The highest BCUT2D eigenvalue weighted by Crippen LogP contribution is 2.23. The SMILES string of the molecule is Cc1ccc(C(=O)CSc2ccccc2C)c(C)c1. The Balaban J connectivity index is 2.08. The van der Waals surface area contributed by atoms with Crippen LogP contribution in [-0.4, -0.2) is 11.5 Å². The number of aryl methyl sites for hydroxylation is 3. The predicted molar refractivity (Wildman–Crippen MR) is 82.1 cm³/mol. The number of carbonyl (C=O) groups is 1. The van der Waals surface area contributed by atoms with Gasteiger partial charge in [0.2, 0.25) is 0 Å². The minimum absolute atomic E-state index is 0.200. The third kappa shape index (κ3) is 3.48. The topological polar surface area (TPSA) is 17.1 Å². The molecule has 0 spiro atoms. The molecule has 0 atom stereocenters. The van der Waals surface area contributed by atoms with E-state index in [4.69, 9.17) is 0 Å². The lowest BCUT2D eigenvalue weighted by Gasteiger charge is -2.07. The van der Waals surface area contributed by atoms with Gasteiger partial charge in [-0.15, -0.1) is 11.8 Å². The van der Waals surface area contributed by atoms with Crippen LogP contribution in [0.25, 0.3) is 0 Å². The van der Waals surface area contributed by atoms with Gasteiger partial charge < -0.3 is 0 Å². The molecule has 0 N–H and O–H groups in total. The van der Waals surface area contributed by atoms with E-state index in [2.05, 4.69) is 25.1 Å². The molecule has 0 aromatic heterocycles. The molecule has 0 aliphatic heterocycles. The second-order valence-electron chi connectivity index (χ2n) is 4.80. The maximum absolute atomic E-state index is 12.2. The van der Waals surface area contributed by atoms with Crippen molar-refractivity contribution in [2.75, 3.05) is 5.75 Å². The van der Waals surface area contributed by atoms with E-state index in [-0.39, 0.29) is 5.78 Å². The van der Waals surface area contributed by atoms with Gasteiger partial charge in [0.25, 0.3) is 0 Å². The van der Waals surface area contributed by atoms with E-state index in [9.17, 15) is 4.79 Å². The van der Waals surface area contributed by atoms with Crippen LogP contribution in [-0.2, 0) is 0 Å². The summed E-state index contributed by atoms with van der Waals surface area (Å²) in [5, 5.41) is 0. The number of benzene rings is 2. The highest BCUT2D eigenvalue weighted by molar-refractivity contribution is 8.00. The molecule has 0 heterocycles. The van der Waals surface area contributed by atoms with Crippen LogP contribution in [0.15, 0.2) is 47.4 Å². The summed E-state index contributed by atoms with van der Waals surface area (Å²) in [6, 6.07) is 14.2. The van der Waals surface area contributed by atoms with Crippen molar-refractivity contribution in [2.24, 2.45) is 0 Å². The van der Waals surface area contributed by atoms with Gasteiger partial charge in [-0.3, -0.25) is 4.79 Å². The largest absolute Gasteiger partial charge is 0.293 e. The lowest BCUT2D eigenvalue weighted by atomic mass is 10.0. The van der Waals surface area contributed by atoms with Gasteiger partial charge in [-0.1, -0.05) is 42.0 Å². The van der Waals surface area contributed by atoms with Gasteiger partial charge in [-0.25, -0.2) is 0 Å². The molecule has 2 aromatic rings. The fourth-order valence-electron chi connectivity index (χ4n) is 2.07. The fraction of sp³-hybridized carbons (Fsp3) is 0.235. The van der Waals surface area contributed by atoms with Crippen LogP contribution in [0.1, 0.15) is 27.0 Å². The number of carbonyl (C=O) groups excluding carboxylic acids is 1. The first-order chi connectivity index (χ1) is 9.08. The molecular weight excluding hydrogens is 252 g/mol. The Morgan fingerprint density at radius 1 is 1.00 bits per heavy atom. The van der Waals surface area contributed by atoms with E-state index < -0.39 is 0 Å². The molecule has 0 bridgehead atoms. The van der Waals surface area contributed by atoms with Gasteiger partial charge in [0.15, 0.2) is 5.78 Å². The lowest BCUT2D eigenvalue weighted by molar-refractivity contribution is 0.102. The van der Waals surface area contributed by atoms with Crippen molar-refractivity contribution < 1.29 is 4.79 Å². The zero-order valence-corrected chi connectivity index (χ0v) is 12.4. The van der Waals surface area contributed by atoms with Crippen LogP contribution in [0.5, 0.6) is 0 Å². The molecule has 0 radical (unpaired) electrons. The van der Waals surface area contributed by atoms with Gasteiger partial charge >= 0.3 is 0 Å². The average molecular weight is 270 g/mol. The normalized spacial score (nSPS) is 10.5. The molecule has 19 heavy (non-hydrogen) atoms. The maximum Gasteiger partial charge on any atom is 0.173 e. The smallest absolute Gasteiger partial charge is 0.173 e. The van der Waals surface area contributed by atoms with E-state index in [0.29, 0.717) is 5.75 Å². The van der Waals surface area contributed by atoms with Crippen molar-refractivity contribution in [1.82, 2.24) is 0 Å². The quantitative estimate of drug-likeness (QED) is 0.597. The van der Waals surface area contributed by atoms with E-state index in [1.807, 2.05) is 38.1 Å². The molecule has 2 heteroatoms. The molecule has 1 nitrogen and oxygen atoms in total. The van der Waals surface area contributed by atoms with Crippen molar-refractivity contribution in [1.29, 1.82) is 0 Å². The van der Waals surface area contributed by atoms with Crippen LogP contribution >= 0.6 is 11.8 Å². The van der Waals surface area contributed by atoms with Crippen molar-refractivity contribution in [3.8, 4) is 0 Å². The summed E-state index contributed by atoms with van der Waals surface area (Å²) < 4.78 is 0. The highest BCUT2D eigenvalue weighted by Gasteiger charge is 2.10. The number of thioether (sulfide) groups is 1. The Kier molecular flexibility index (Phi) is 4.43. The monoisotopic (exact) mass is 270 g/mol. The summed E-state index contributed by atoms with van der Waals surface area (Å²) in [5.41, 5.74) is 4.32. The minimum Gasteiger partial charge on any atom is -0.293 e. The van der Waals surface area contributed by atoms with Crippen molar-refractivity contribution in [2.45, 2.75) is 25.7 Å². The van der Waals surface area contributed by atoms with Crippen molar-refractivity contribution in [3.05, 3.63) is 64.7 Å². The van der Waals surface area contributed by atoms with Crippen LogP contribution in [0.4, 0.5) is 0 Å². The summed E-state index contributed by atoms with van der Waals surface area (Å²) >= 11 is 1.61. The molecule has 2 aromatic carbocycles. The molecular formula is C17H18OS. The van der Waals surface area contributed by atoms with Crippen LogP contribution < -0.4 is 0 Å².